The monoisotopic (exact) mass is 418 g/mol. The van der Waals surface area contributed by atoms with E-state index in [4.69, 9.17) is 4.98 Å². The lowest BCUT2D eigenvalue weighted by molar-refractivity contribution is -0.118. The third-order valence-corrected chi connectivity index (χ3v) is 6.55. The van der Waals surface area contributed by atoms with Crippen molar-refractivity contribution in [1.82, 2.24) is 4.98 Å². The lowest BCUT2D eigenvalue weighted by Crippen LogP contribution is -2.31. The van der Waals surface area contributed by atoms with Gasteiger partial charge in [-0.1, -0.05) is 59.9 Å². The fourth-order valence-electron chi connectivity index (χ4n) is 3.18. The molecule has 0 bridgehead atoms. The van der Waals surface area contributed by atoms with Crippen LogP contribution < -0.4 is 4.90 Å². The smallest absolute Gasteiger partial charge is 0.233 e. The van der Waals surface area contributed by atoms with Crippen molar-refractivity contribution in [2.45, 2.75) is 24.8 Å². The number of nitrogens with zero attached hydrogens (tertiary/aromatic N) is 2. The van der Waals surface area contributed by atoms with Gasteiger partial charge in [0.2, 0.25) is 5.91 Å². The van der Waals surface area contributed by atoms with E-state index in [-0.39, 0.29) is 5.91 Å². The summed E-state index contributed by atoms with van der Waals surface area (Å²) in [5.41, 5.74) is 4.24. The van der Waals surface area contributed by atoms with E-state index in [9.17, 15) is 4.79 Å². The molecule has 146 valence electrons. The molecule has 3 aromatic carbocycles. The molecule has 0 spiro atoms. The molecule has 0 aliphatic carbocycles. The van der Waals surface area contributed by atoms with Crippen LogP contribution in [0.25, 0.3) is 10.2 Å². The van der Waals surface area contributed by atoms with Gasteiger partial charge in [0.1, 0.15) is 0 Å². The molecule has 0 aliphatic rings. The highest BCUT2D eigenvalue weighted by atomic mass is 32.2. The molecule has 0 saturated carbocycles. The van der Waals surface area contributed by atoms with Gasteiger partial charge in [0.05, 0.1) is 23.2 Å². The van der Waals surface area contributed by atoms with Gasteiger partial charge >= 0.3 is 0 Å². The van der Waals surface area contributed by atoms with Gasteiger partial charge in [-0.25, -0.2) is 4.98 Å². The number of carbonyl (C=O) groups is 1. The second kappa shape index (κ2) is 8.80. The van der Waals surface area contributed by atoms with Crippen LogP contribution in [-0.4, -0.2) is 17.1 Å². The SMILES string of the molecule is CSc1ccc(CC(=O)N(Cc2ccccc2)c2nc3ccc(C)cc3s2)cc1. The van der Waals surface area contributed by atoms with E-state index >= 15 is 0 Å². The molecule has 0 atom stereocenters. The van der Waals surface area contributed by atoms with Gasteiger partial charge in [-0.2, -0.15) is 0 Å². The average molecular weight is 419 g/mol. The molecular formula is C24H22N2OS2. The maximum Gasteiger partial charge on any atom is 0.233 e. The Morgan fingerprint density at radius 3 is 2.48 bits per heavy atom. The Labute approximate surface area is 179 Å². The molecule has 1 heterocycles. The summed E-state index contributed by atoms with van der Waals surface area (Å²) < 4.78 is 1.11. The van der Waals surface area contributed by atoms with Gasteiger partial charge in [-0.05, 0) is 54.1 Å². The fourth-order valence-corrected chi connectivity index (χ4v) is 4.67. The van der Waals surface area contributed by atoms with Crippen LogP contribution in [0, 0.1) is 6.92 Å². The van der Waals surface area contributed by atoms with E-state index in [1.165, 1.54) is 10.5 Å². The van der Waals surface area contributed by atoms with Crippen molar-refractivity contribution in [1.29, 1.82) is 0 Å². The van der Waals surface area contributed by atoms with E-state index in [1.807, 2.05) is 53.4 Å². The Kier molecular flexibility index (Phi) is 5.97. The van der Waals surface area contributed by atoms with E-state index in [2.05, 4.69) is 37.4 Å². The first-order chi connectivity index (χ1) is 14.1. The van der Waals surface area contributed by atoms with Crippen LogP contribution >= 0.6 is 23.1 Å². The molecular weight excluding hydrogens is 396 g/mol. The molecule has 29 heavy (non-hydrogen) atoms. The van der Waals surface area contributed by atoms with Crippen molar-refractivity contribution in [3.05, 3.63) is 89.5 Å². The van der Waals surface area contributed by atoms with Gasteiger partial charge in [-0.3, -0.25) is 9.69 Å². The zero-order valence-electron chi connectivity index (χ0n) is 16.5. The zero-order valence-corrected chi connectivity index (χ0v) is 18.1. The first-order valence-electron chi connectivity index (χ1n) is 9.47. The third kappa shape index (κ3) is 4.69. The Hall–Kier alpha value is -2.63. The van der Waals surface area contributed by atoms with E-state index in [0.717, 1.165) is 26.5 Å². The molecule has 3 nitrogen and oxygen atoms in total. The van der Waals surface area contributed by atoms with Crippen LogP contribution in [0.15, 0.2) is 77.7 Å². The number of amides is 1. The summed E-state index contributed by atoms with van der Waals surface area (Å²) in [6.07, 6.45) is 2.41. The number of anilines is 1. The largest absolute Gasteiger partial charge is 0.283 e. The van der Waals surface area contributed by atoms with Crippen molar-refractivity contribution in [3.8, 4) is 0 Å². The lowest BCUT2D eigenvalue weighted by Gasteiger charge is -2.20. The van der Waals surface area contributed by atoms with E-state index < -0.39 is 0 Å². The predicted octanol–water partition coefficient (Wildman–Crippen LogP) is 6.10. The van der Waals surface area contributed by atoms with Gasteiger partial charge in [-0.15, -0.1) is 11.8 Å². The average Bonchev–Trinajstić information content (AvgIpc) is 3.16. The number of benzene rings is 3. The Morgan fingerprint density at radius 2 is 1.76 bits per heavy atom. The summed E-state index contributed by atoms with van der Waals surface area (Å²) in [5, 5.41) is 0.750. The van der Waals surface area contributed by atoms with E-state index in [1.54, 1.807) is 23.1 Å². The summed E-state index contributed by atoms with van der Waals surface area (Å²) >= 11 is 3.28. The normalized spacial score (nSPS) is 11.0. The number of aromatic nitrogens is 1. The van der Waals surface area contributed by atoms with Crippen LogP contribution in [-0.2, 0) is 17.8 Å². The minimum atomic E-state index is 0.0570. The van der Waals surface area contributed by atoms with Gasteiger partial charge < -0.3 is 0 Å². The Bertz CT molecular complexity index is 1120. The van der Waals surface area contributed by atoms with Crippen molar-refractivity contribution in [2.75, 3.05) is 11.2 Å². The van der Waals surface area contributed by atoms with Crippen LogP contribution in [0.5, 0.6) is 0 Å². The minimum Gasteiger partial charge on any atom is -0.283 e. The van der Waals surface area contributed by atoms with Gasteiger partial charge in [0, 0.05) is 4.90 Å². The third-order valence-electron chi connectivity index (χ3n) is 4.76. The van der Waals surface area contributed by atoms with Gasteiger partial charge in [0.25, 0.3) is 0 Å². The number of rotatable bonds is 6. The van der Waals surface area contributed by atoms with Gasteiger partial charge in [0.15, 0.2) is 5.13 Å². The Morgan fingerprint density at radius 1 is 1.00 bits per heavy atom. The highest BCUT2D eigenvalue weighted by molar-refractivity contribution is 7.98. The molecule has 5 heteroatoms. The number of hydrogen-bond donors (Lipinski definition) is 0. The lowest BCUT2D eigenvalue weighted by atomic mass is 10.1. The van der Waals surface area contributed by atoms with Crippen LogP contribution in [0.4, 0.5) is 5.13 Å². The van der Waals surface area contributed by atoms with E-state index in [0.29, 0.717) is 13.0 Å². The molecule has 4 rings (SSSR count). The molecule has 1 amide bonds. The number of fused-ring (bicyclic) bond motifs is 1. The summed E-state index contributed by atoms with van der Waals surface area (Å²) in [7, 11) is 0. The van der Waals surface area contributed by atoms with Crippen LogP contribution in [0.1, 0.15) is 16.7 Å². The summed E-state index contributed by atoms with van der Waals surface area (Å²) in [6, 6.07) is 24.5. The van der Waals surface area contributed by atoms with Crippen molar-refractivity contribution >= 4 is 44.4 Å². The minimum absolute atomic E-state index is 0.0570. The second-order valence-corrected chi connectivity index (χ2v) is 8.85. The second-order valence-electron chi connectivity index (χ2n) is 6.96. The van der Waals surface area contributed by atoms with Crippen LogP contribution in [0.3, 0.4) is 0 Å². The molecule has 0 saturated heterocycles. The summed E-state index contributed by atoms with van der Waals surface area (Å²) in [4.78, 5) is 21.1. The molecule has 4 aromatic rings. The molecule has 0 radical (unpaired) electrons. The summed E-state index contributed by atoms with van der Waals surface area (Å²) in [6.45, 7) is 2.59. The molecule has 0 unspecified atom stereocenters. The summed E-state index contributed by atoms with van der Waals surface area (Å²) in [5.74, 6) is 0.0570. The number of thioether (sulfide) groups is 1. The standard InChI is InChI=1S/C24H22N2OS2/c1-17-8-13-21-22(14-17)29-24(25-21)26(16-19-6-4-3-5-7-19)23(27)15-18-9-11-20(28-2)12-10-18/h3-14H,15-16H2,1-2H3. The predicted molar refractivity (Wildman–Crippen MR) is 124 cm³/mol. The first-order valence-corrected chi connectivity index (χ1v) is 11.5. The number of thiazole rings is 1. The molecule has 1 aromatic heterocycles. The molecule has 0 N–H and O–H groups in total. The topological polar surface area (TPSA) is 33.2 Å². The first kappa shape index (κ1) is 19.7. The molecule has 0 aliphatic heterocycles. The number of carbonyl (C=O) groups excluding carboxylic acids is 1. The quantitative estimate of drug-likeness (QED) is 0.355. The molecule has 0 fully saturated rings. The van der Waals surface area contributed by atoms with Crippen molar-refractivity contribution in [3.63, 3.8) is 0 Å². The van der Waals surface area contributed by atoms with Crippen molar-refractivity contribution < 1.29 is 4.79 Å². The maximum absolute atomic E-state index is 13.3. The highest BCUT2D eigenvalue weighted by Crippen LogP contribution is 2.31. The Balaban J connectivity index is 1.65. The number of aryl methyl sites for hydroxylation is 1. The fraction of sp³-hybridized carbons (Fsp3) is 0.167. The van der Waals surface area contributed by atoms with Crippen LogP contribution in [0.2, 0.25) is 0 Å². The highest BCUT2D eigenvalue weighted by Gasteiger charge is 2.20. The van der Waals surface area contributed by atoms with Crippen molar-refractivity contribution in [2.24, 2.45) is 0 Å². The number of hydrogen-bond acceptors (Lipinski definition) is 4. The maximum atomic E-state index is 13.3. The zero-order chi connectivity index (χ0) is 20.2.